The maximum Gasteiger partial charge on any atom is 0.236 e. The first-order chi connectivity index (χ1) is 9.40. The molecule has 0 aromatic heterocycles. The minimum Gasteiger partial charge on any atom is -0.398 e. The van der Waals surface area contributed by atoms with Crippen molar-refractivity contribution >= 4 is 34.0 Å². The third kappa shape index (κ3) is 4.21. The highest BCUT2D eigenvalue weighted by atomic mass is 35.5. The smallest absolute Gasteiger partial charge is 0.236 e. The summed E-state index contributed by atoms with van der Waals surface area (Å²) in [7, 11) is -1.45. The van der Waals surface area contributed by atoms with E-state index in [1.807, 2.05) is 13.8 Å². The summed E-state index contributed by atoms with van der Waals surface area (Å²) in [5.74, 6) is -0.204. The number of anilines is 1. The van der Waals surface area contributed by atoms with E-state index in [0.717, 1.165) is 12.8 Å². The fourth-order valence-corrected chi connectivity index (χ4v) is 3.10. The van der Waals surface area contributed by atoms with E-state index < -0.39 is 16.0 Å². The van der Waals surface area contributed by atoms with Crippen molar-refractivity contribution in [2.75, 3.05) is 5.73 Å². The summed E-state index contributed by atoms with van der Waals surface area (Å²) in [4.78, 5) is 12.6. The van der Waals surface area contributed by atoms with Gasteiger partial charge in [0, 0.05) is 10.9 Å². The molecule has 3 N–H and O–H groups in total. The van der Waals surface area contributed by atoms with Crippen molar-refractivity contribution in [3.8, 4) is 0 Å². The molecule has 0 heterocycles. The summed E-state index contributed by atoms with van der Waals surface area (Å²) >= 11 is 5.91. The van der Waals surface area contributed by atoms with E-state index in [0.29, 0.717) is 15.6 Å². The Labute approximate surface area is 127 Å². The molecule has 0 aliphatic rings. The summed E-state index contributed by atoms with van der Waals surface area (Å²) in [6.45, 7) is 5.67. The van der Waals surface area contributed by atoms with Crippen molar-refractivity contribution in [3.63, 3.8) is 0 Å². The molecule has 0 aliphatic heterocycles. The van der Waals surface area contributed by atoms with E-state index in [1.165, 1.54) is 0 Å². The Bertz CT molecular complexity index is 504. The Morgan fingerprint density at radius 2 is 2.00 bits per heavy atom. The molecule has 0 aliphatic carbocycles. The first kappa shape index (κ1) is 17.0. The van der Waals surface area contributed by atoms with Crippen LogP contribution in [0.1, 0.15) is 33.6 Å². The maximum atomic E-state index is 12.4. The Morgan fingerprint density at radius 1 is 1.40 bits per heavy atom. The second kappa shape index (κ2) is 7.64. The fraction of sp³-hybridized carbons (Fsp3) is 0.500. The lowest BCUT2D eigenvalue weighted by Crippen LogP contribution is -2.41. The topological polar surface area (TPSA) is 72.2 Å². The SMILES string of the molecule is CCC(CC)NC(=O)C(C)S(=O)c1ccc(N)c(Cl)c1. The molecule has 0 saturated heterocycles. The van der Waals surface area contributed by atoms with E-state index >= 15 is 0 Å². The van der Waals surface area contributed by atoms with Gasteiger partial charge in [0.25, 0.3) is 0 Å². The van der Waals surface area contributed by atoms with E-state index in [9.17, 15) is 9.00 Å². The third-order valence-corrected chi connectivity index (χ3v) is 5.13. The normalized spacial score (nSPS) is 14.1. The number of hydrogen-bond donors (Lipinski definition) is 2. The predicted octanol–water partition coefficient (Wildman–Crippen LogP) is 2.72. The minimum atomic E-state index is -1.45. The van der Waals surface area contributed by atoms with Crippen LogP contribution < -0.4 is 11.1 Å². The van der Waals surface area contributed by atoms with Gasteiger partial charge >= 0.3 is 0 Å². The Hall–Kier alpha value is -1.07. The number of hydrogen-bond acceptors (Lipinski definition) is 3. The van der Waals surface area contributed by atoms with Crippen LogP contribution in [-0.2, 0) is 15.6 Å². The zero-order valence-corrected chi connectivity index (χ0v) is 13.6. The van der Waals surface area contributed by atoms with Crippen molar-refractivity contribution in [1.29, 1.82) is 0 Å². The number of amides is 1. The molecule has 0 saturated carbocycles. The van der Waals surface area contributed by atoms with Gasteiger partial charge in [-0.2, -0.15) is 0 Å². The molecule has 0 fully saturated rings. The van der Waals surface area contributed by atoms with Gasteiger partial charge in [-0.1, -0.05) is 25.4 Å². The standard InChI is InChI=1S/C14H21ClN2O2S/c1-4-10(5-2)17-14(18)9(3)20(19)11-6-7-13(16)12(15)8-11/h6-10H,4-5,16H2,1-3H3,(H,17,18). The molecule has 1 amide bonds. The van der Waals surface area contributed by atoms with Crippen LogP contribution in [-0.4, -0.2) is 21.4 Å². The second-order valence-corrected chi connectivity index (χ2v) is 6.83. The van der Waals surface area contributed by atoms with Gasteiger partial charge in [-0.05, 0) is 38.0 Å². The molecule has 4 nitrogen and oxygen atoms in total. The molecule has 1 rings (SSSR count). The van der Waals surface area contributed by atoms with Crippen molar-refractivity contribution in [2.24, 2.45) is 0 Å². The number of rotatable bonds is 6. The minimum absolute atomic E-state index is 0.122. The third-order valence-electron chi connectivity index (χ3n) is 3.23. The Kier molecular flexibility index (Phi) is 6.49. The highest BCUT2D eigenvalue weighted by molar-refractivity contribution is 7.86. The lowest BCUT2D eigenvalue weighted by Gasteiger charge is -2.18. The summed E-state index contributed by atoms with van der Waals surface area (Å²) in [5, 5.41) is 2.62. The van der Waals surface area contributed by atoms with Crippen molar-refractivity contribution < 1.29 is 9.00 Å². The van der Waals surface area contributed by atoms with Crippen LogP contribution in [0.3, 0.4) is 0 Å². The summed E-state index contributed by atoms with van der Waals surface area (Å²) in [5.41, 5.74) is 6.05. The fourth-order valence-electron chi connectivity index (χ4n) is 1.75. The monoisotopic (exact) mass is 316 g/mol. The van der Waals surface area contributed by atoms with Crippen LogP contribution in [0.5, 0.6) is 0 Å². The van der Waals surface area contributed by atoms with Crippen LogP contribution in [0.25, 0.3) is 0 Å². The van der Waals surface area contributed by atoms with Gasteiger partial charge in [-0.15, -0.1) is 0 Å². The lowest BCUT2D eigenvalue weighted by molar-refractivity contribution is -0.121. The van der Waals surface area contributed by atoms with Crippen LogP contribution in [0, 0.1) is 0 Å². The molecule has 1 aromatic carbocycles. The van der Waals surface area contributed by atoms with Gasteiger partial charge in [0.15, 0.2) is 0 Å². The van der Waals surface area contributed by atoms with Crippen LogP contribution in [0.15, 0.2) is 23.1 Å². The first-order valence-corrected chi connectivity index (χ1v) is 8.25. The predicted molar refractivity (Wildman–Crippen MR) is 84.2 cm³/mol. The maximum absolute atomic E-state index is 12.4. The highest BCUT2D eigenvalue weighted by Gasteiger charge is 2.23. The number of carbonyl (C=O) groups is 1. The number of carbonyl (C=O) groups excluding carboxylic acids is 1. The zero-order chi connectivity index (χ0) is 15.3. The van der Waals surface area contributed by atoms with Crippen molar-refractivity contribution in [1.82, 2.24) is 5.32 Å². The van der Waals surface area contributed by atoms with Gasteiger partial charge < -0.3 is 11.1 Å². The zero-order valence-electron chi connectivity index (χ0n) is 12.0. The molecule has 0 spiro atoms. The molecule has 0 bridgehead atoms. The van der Waals surface area contributed by atoms with Gasteiger partial charge in [0.05, 0.1) is 21.5 Å². The number of nitrogens with two attached hydrogens (primary N) is 1. The van der Waals surface area contributed by atoms with Crippen molar-refractivity contribution in [3.05, 3.63) is 23.2 Å². The van der Waals surface area contributed by atoms with E-state index in [2.05, 4.69) is 5.32 Å². The second-order valence-electron chi connectivity index (χ2n) is 4.64. The van der Waals surface area contributed by atoms with Gasteiger partial charge in [-0.25, -0.2) is 0 Å². The van der Waals surface area contributed by atoms with Crippen LogP contribution >= 0.6 is 11.6 Å². The Morgan fingerprint density at radius 3 is 2.50 bits per heavy atom. The quantitative estimate of drug-likeness (QED) is 0.793. The number of nitrogens with one attached hydrogen (secondary N) is 1. The Balaban J connectivity index is 2.80. The summed E-state index contributed by atoms with van der Waals surface area (Å²) < 4.78 is 12.4. The molecule has 20 heavy (non-hydrogen) atoms. The molecule has 6 heteroatoms. The molecule has 112 valence electrons. The molecular formula is C14H21ClN2O2S. The number of nitrogen functional groups attached to an aromatic ring is 1. The number of benzene rings is 1. The highest BCUT2D eigenvalue weighted by Crippen LogP contribution is 2.23. The van der Waals surface area contributed by atoms with Crippen LogP contribution in [0.2, 0.25) is 5.02 Å². The molecular weight excluding hydrogens is 296 g/mol. The van der Waals surface area contributed by atoms with E-state index in [1.54, 1.807) is 25.1 Å². The van der Waals surface area contributed by atoms with Crippen LogP contribution in [0.4, 0.5) is 5.69 Å². The van der Waals surface area contributed by atoms with E-state index in [-0.39, 0.29) is 11.9 Å². The van der Waals surface area contributed by atoms with Gasteiger partial charge in [0.2, 0.25) is 5.91 Å². The average molecular weight is 317 g/mol. The van der Waals surface area contributed by atoms with Gasteiger partial charge in [0.1, 0.15) is 5.25 Å². The molecule has 2 atom stereocenters. The lowest BCUT2D eigenvalue weighted by atomic mass is 10.2. The molecule has 1 aromatic rings. The first-order valence-electron chi connectivity index (χ1n) is 6.66. The largest absolute Gasteiger partial charge is 0.398 e. The summed E-state index contributed by atoms with van der Waals surface area (Å²) in [6.07, 6.45) is 1.71. The summed E-state index contributed by atoms with van der Waals surface area (Å²) in [6, 6.07) is 4.91. The average Bonchev–Trinajstić information content (AvgIpc) is 2.45. The van der Waals surface area contributed by atoms with E-state index in [4.69, 9.17) is 17.3 Å². The van der Waals surface area contributed by atoms with Gasteiger partial charge in [-0.3, -0.25) is 9.00 Å². The number of halogens is 1. The van der Waals surface area contributed by atoms with Crippen molar-refractivity contribution in [2.45, 2.75) is 49.8 Å². The molecule has 2 unspecified atom stereocenters. The molecule has 0 radical (unpaired) electrons.